The Balaban J connectivity index is 1.06. The number of nitrogens with zero attached hydrogens (tertiary/aromatic N) is 5. The van der Waals surface area contributed by atoms with Gasteiger partial charge in [0.05, 0.1) is 0 Å². The average molecular weight is 469 g/mol. The first-order valence-corrected chi connectivity index (χ1v) is 11.7. The summed E-state index contributed by atoms with van der Waals surface area (Å²) < 4.78 is 5.94. The molecule has 2 amide bonds. The summed E-state index contributed by atoms with van der Waals surface area (Å²) in [6.45, 7) is 2.56. The Kier molecular flexibility index (Phi) is 5.36. The average Bonchev–Trinajstić information content (AvgIpc) is 3.62. The maximum Gasteiger partial charge on any atom is 0.260 e. The topological polar surface area (TPSA) is 104 Å². The Bertz CT molecular complexity index is 1370. The number of aromatic amines is 1. The van der Waals surface area contributed by atoms with Crippen LogP contribution >= 0.6 is 0 Å². The van der Waals surface area contributed by atoms with Crippen molar-refractivity contribution in [1.29, 1.82) is 0 Å². The number of H-pyrrole nitrogens is 1. The van der Waals surface area contributed by atoms with Crippen molar-refractivity contribution in [1.82, 2.24) is 30.2 Å². The lowest BCUT2D eigenvalue weighted by atomic mass is 10.0. The summed E-state index contributed by atoms with van der Waals surface area (Å²) in [4.78, 5) is 33.9. The predicted molar refractivity (Wildman–Crippen MR) is 129 cm³/mol. The van der Waals surface area contributed by atoms with E-state index >= 15 is 0 Å². The van der Waals surface area contributed by atoms with Gasteiger partial charge in [-0.25, -0.2) is 0 Å². The van der Waals surface area contributed by atoms with Crippen LogP contribution in [-0.4, -0.2) is 74.8 Å². The highest BCUT2D eigenvalue weighted by molar-refractivity contribution is 5.97. The summed E-state index contributed by atoms with van der Waals surface area (Å²) in [6, 6.07) is 16.9. The number of amides is 2. The molecule has 4 aromatic rings. The van der Waals surface area contributed by atoms with Gasteiger partial charge in [0.1, 0.15) is 16.8 Å². The first kappa shape index (κ1) is 21.3. The van der Waals surface area contributed by atoms with Gasteiger partial charge in [0.15, 0.2) is 6.61 Å². The van der Waals surface area contributed by atoms with Crippen LogP contribution in [0.2, 0.25) is 0 Å². The Hall–Kier alpha value is -4.27. The van der Waals surface area contributed by atoms with Crippen molar-refractivity contribution in [2.75, 3.05) is 32.8 Å². The van der Waals surface area contributed by atoms with Gasteiger partial charge in [0.2, 0.25) is 0 Å². The van der Waals surface area contributed by atoms with Crippen molar-refractivity contribution >= 4 is 22.8 Å². The van der Waals surface area contributed by atoms with Gasteiger partial charge in [0, 0.05) is 67.1 Å². The highest BCUT2D eigenvalue weighted by Crippen LogP contribution is 2.33. The number of hydrogen-bond donors (Lipinski definition) is 1. The lowest BCUT2D eigenvalue weighted by molar-refractivity contribution is -0.132. The number of para-hydroxylation sites is 1. The molecule has 2 aliphatic heterocycles. The summed E-state index contributed by atoms with van der Waals surface area (Å²) in [5.74, 6) is 1.18. The minimum absolute atomic E-state index is 0.00230. The van der Waals surface area contributed by atoms with E-state index in [9.17, 15) is 9.59 Å². The van der Waals surface area contributed by atoms with Crippen LogP contribution in [0.25, 0.3) is 22.2 Å². The molecular formula is C26H24N6O3. The molecule has 0 radical (unpaired) electrons. The van der Waals surface area contributed by atoms with E-state index in [0.717, 1.165) is 16.6 Å². The van der Waals surface area contributed by atoms with Crippen molar-refractivity contribution in [3.05, 3.63) is 72.6 Å². The summed E-state index contributed by atoms with van der Waals surface area (Å²) in [6.07, 6.45) is 3.51. The van der Waals surface area contributed by atoms with Crippen LogP contribution in [0.1, 0.15) is 10.4 Å². The smallest absolute Gasteiger partial charge is 0.260 e. The SMILES string of the molecule is O=C(COc1ccccc1-c1cccnc1)N1C[C@H]2CN(C(=O)c3ccc4n[nH]nc4c3)C[C@@H]2C1. The third-order valence-corrected chi connectivity index (χ3v) is 6.90. The quantitative estimate of drug-likeness (QED) is 0.483. The number of nitrogens with one attached hydrogen (secondary N) is 1. The Labute approximate surface area is 201 Å². The summed E-state index contributed by atoms with van der Waals surface area (Å²) in [5, 5.41) is 10.7. The molecule has 2 saturated heterocycles. The van der Waals surface area contributed by atoms with Crippen LogP contribution in [-0.2, 0) is 4.79 Å². The minimum atomic E-state index is -0.0326. The van der Waals surface area contributed by atoms with Gasteiger partial charge in [-0.3, -0.25) is 14.6 Å². The zero-order valence-corrected chi connectivity index (χ0v) is 19.0. The third kappa shape index (κ3) is 4.09. The molecule has 1 N–H and O–H groups in total. The maximum absolute atomic E-state index is 13.0. The highest BCUT2D eigenvalue weighted by atomic mass is 16.5. The van der Waals surface area contributed by atoms with Crippen molar-refractivity contribution in [3.63, 3.8) is 0 Å². The predicted octanol–water partition coefficient (Wildman–Crippen LogP) is 2.63. The summed E-state index contributed by atoms with van der Waals surface area (Å²) in [7, 11) is 0. The molecule has 2 fully saturated rings. The molecule has 6 rings (SSSR count). The zero-order valence-electron chi connectivity index (χ0n) is 19.0. The third-order valence-electron chi connectivity index (χ3n) is 6.90. The molecule has 0 unspecified atom stereocenters. The van der Waals surface area contributed by atoms with E-state index < -0.39 is 0 Å². The summed E-state index contributed by atoms with van der Waals surface area (Å²) >= 11 is 0. The van der Waals surface area contributed by atoms with Gasteiger partial charge < -0.3 is 14.5 Å². The number of likely N-dealkylation sites (tertiary alicyclic amines) is 2. The Morgan fingerprint density at radius 2 is 1.69 bits per heavy atom. The molecular weight excluding hydrogens is 444 g/mol. The molecule has 0 spiro atoms. The van der Waals surface area contributed by atoms with Gasteiger partial charge in [-0.05, 0) is 30.3 Å². The second-order valence-electron chi connectivity index (χ2n) is 9.08. The standard InChI is InChI=1S/C26H24N6O3/c33-25(16-35-24-6-2-1-5-21(24)18-4-3-9-27-11-18)31-12-19-14-32(15-20(19)13-31)26(34)17-7-8-22-23(10-17)29-30-28-22/h1-11,19-20H,12-16H2,(H,28,29,30)/t19-,20-/m0/s1. The number of hydrogen-bond acceptors (Lipinski definition) is 6. The van der Waals surface area contributed by atoms with Crippen LogP contribution in [0.3, 0.4) is 0 Å². The maximum atomic E-state index is 13.0. The van der Waals surface area contributed by atoms with E-state index in [4.69, 9.17) is 4.74 Å². The Morgan fingerprint density at radius 1 is 0.914 bits per heavy atom. The molecule has 0 bridgehead atoms. The van der Waals surface area contributed by atoms with E-state index in [0.29, 0.717) is 43.0 Å². The zero-order chi connectivity index (χ0) is 23.8. The number of rotatable bonds is 5. The lowest BCUT2D eigenvalue weighted by Crippen LogP contribution is -2.37. The largest absolute Gasteiger partial charge is 0.483 e. The molecule has 0 aliphatic carbocycles. The van der Waals surface area contributed by atoms with Crippen molar-refractivity contribution in [2.45, 2.75) is 0 Å². The van der Waals surface area contributed by atoms with Crippen LogP contribution < -0.4 is 4.74 Å². The lowest BCUT2D eigenvalue weighted by Gasteiger charge is -2.22. The molecule has 4 heterocycles. The fourth-order valence-corrected chi connectivity index (χ4v) is 5.10. The molecule has 2 atom stereocenters. The fourth-order valence-electron chi connectivity index (χ4n) is 5.10. The van der Waals surface area contributed by atoms with Gasteiger partial charge >= 0.3 is 0 Å². The Morgan fingerprint density at radius 3 is 2.49 bits per heavy atom. The normalized spacial score (nSPS) is 19.2. The molecule has 2 aromatic carbocycles. The van der Waals surface area contributed by atoms with Crippen LogP contribution in [0.4, 0.5) is 0 Å². The molecule has 0 saturated carbocycles. The van der Waals surface area contributed by atoms with Gasteiger partial charge in [-0.15, -0.1) is 0 Å². The second kappa shape index (κ2) is 8.83. The van der Waals surface area contributed by atoms with E-state index in [1.165, 1.54) is 0 Å². The number of carbonyl (C=O) groups excluding carboxylic acids is 2. The van der Waals surface area contributed by atoms with E-state index in [1.807, 2.05) is 46.2 Å². The second-order valence-corrected chi connectivity index (χ2v) is 9.08. The number of carbonyl (C=O) groups is 2. The number of fused-ring (bicyclic) bond motifs is 2. The molecule has 35 heavy (non-hydrogen) atoms. The minimum Gasteiger partial charge on any atom is -0.483 e. The van der Waals surface area contributed by atoms with Crippen LogP contribution in [0.15, 0.2) is 67.0 Å². The highest BCUT2D eigenvalue weighted by Gasteiger charge is 2.43. The monoisotopic (exact) mass is 468 g/mol. The van der Waals surface area contributed by atoms with Crippen LogP contribution in [0.5, 0.6) is 5.75 Å². The first-order chi connectivity index (χ1) is 17.2. The van der Waals surface area contributed by atoms with E-state index in [2.05, 4.69) is 20.4 Å². The summed E-state index contributed by atoms with van der Waals surface area (Å²) in [5.41, 5.74) is 3.87. The first-order valence-electron chi connectivity index (χ1n) is 11.7. The van der Waals surface area contributed by atoms with Gasteiger partial charge in [-0.2, -0.15) is 15.4 Å². The van der Waals surface area contributed by atoms with E-state index in [-0.39, 0.29) is 30.3 Å². The van der Waals surface area contributed by atoms with Gasteiger partial charge in [-0.1, -0.05) is 24.3 Å². The number of pyridine rings is 1. The van der Waals surface area contributed by atoms with Crippen molar-refractivity contribution in [2.24, 2.45) is 11.8 Å². The van der Waals surface area contributed by atoms with Gasteiger partial charge in [0.25, 0.3) is 11.8 Å². The van der Waals surface area contributed by atoms with Crippen LogP contribution in [0, 0.1) is 11.8 Å². The molecule has 9 heteroatoms. The van der Waals surface area contributed by atoms with Crippen molar-refractivity contribution < 1.29 is 14.3 Å². The van der Waals surface area contributed by atoms with Crippen molar-refractivity contribution in [3.8, 4) is 16.9 Å². The number of aromatic nitrogens is 4. The molecule has 2 aliphatic rings. The fraction of sp³-hybridized carbons (Fsp3) is 0.269. The number of benzene rings is 2. The molecule has 2 aromatic heterocycles. The van der Waals surface area contributed by atoms with E-state index in [1.54, 1.807) is 30.6 Å². The molecule has 176 valence electrons. The molecule has 9 nitrogen and oxygen atoms in total. The number of ether oxygens (including phenoxy) is 1.